The predicted octanol–water partition coefficient (Wildman–Crippen LogP) is 4.34. The standard InChI is InChI=1S/C19H16F2N2OS/c20-16-7-3-1-5-13(16)11-22-18(24)10-9-14-12-25-19(23-14)15-6-2-4-8-17(15)21/h1-8,12H,9-11H2,(H,22,24). The minimum atomic E-state index is -0.336. The number of halogens is 2. The zero-order chi connectivity index (χ0) is 17.6. The van der Waals surface area contributed by atoms with Crippen LogP contribution in [0.15, 0.2) is 53.9 Å². The molecule has 0 aliphatic rings. The Kier molecular flexibility index (Phi) is 5.50. The lowest BCUT2D eigenvalue weighted by Gasteiger charge is -2.05. The normalized spacial score (nSPS) is 10.6. The maximum Gasteiger partial charge on any atom is 0.220 e. The van der Waals surface area contributed by atoms with Crippen molar-refractivity contribution in [2.45, 2.75) is 19.4 Å². The highest BCUT2D eigenvalue weighted by Crippen LogP contribution is 2.26. The van der Waals surface area contributed by atoms with Gasteiger partial charge in [0, 0.05) is 29.5 Å². The Labute approximate surface area is 148 Å². The molecule has 2 aromatic carbocycles. The largest absolute Gasteiger partial charge is 0.352 e. The summed E-state index contributed by atoms with van der Waals surface area (Å²) in [4.78, 5) is 16.3. The first kappa shape index (κ1) is 17.2. The molecule has 0 unspecified atom stereocenters. The number of hydrogen-bond donors (Lipinski definition) is 1. The fourth-order valence-corrected chi connectivity index (χ4v) is 3.23. The van der Waals surface area contributed by atoms with Gasteiger partial charge in [-0.1, -0.05) is 30.3 Å². The lowest BCUT2D eigenvalue weighted by molar-refractivity contribution is -0.121. The molecule has 0 bridgehead atoms. The first-order chi connectivity index (χ1) is 12.1. The highest BCUT2D eigenvalue weighted by atomic mass is 32.1. The minimum Gasteiger partial charge on any atom is -0.352 e. The summed E-state index contributed by atoms with van der Waals surface area (Å²) in [5, 5.41) is 5.12. The lowest BCUT2D eigenvalue weighted by Crippen LogP contribution is -2.23. The molecule has 6 heteroatoms. The van der Waals surface area contributed by atoms with Gasteiger partial charge in [-0.15, -0.1) is 11.3 Å². The van der Waals surface area contributed by atoms with E-state index in [0.29, 0.717) is 22.6 Å². The summed E-state index contributed by atoms with van der Waals surface area (Å²) in [6, 6.07) is 12.8. The summed E-state index contributed by atoms with van der Waals surface area (Å²) >= 11 is 1.35. The van der Waals surface area contributed by atoms with Crippen LogP contribution >= 0.6 is 11.3 Å². The number of thiazole rings is 1. The molecule has 0 aliphatic heterocycles. The quantitative estimate of drug-likeness (QED) is 0.712. The van der Waals surface area contributed by atoms with Crippen molar-refractivity contribution in [1.29, 1.82) is 0 Å². The van der Waals surface area contributed by atoms with Gasteiger partial charge in [0.2, 0.25) is 5.91 Å². The number of rotatable bonds is 6. The molecule has 0 saturated carbocycles. The summed E-state index contributed by atoms with van der Waals surface area (Å²) in [5.74, 6) is -0.827. The topological polar surface area (TPSA) is 42.0 Å². The molecule has 0 fully saturated rings. The SMILES string of the molecule is O=C(CCc1csc(-c2ccccc2F)n1)NCc1ccccc1F. The molecule has 1 heterocycles. The highest BCUT2D eigenvalue weighted by molar-refractivity contribution is 7.13. The van der Waals surface area contributed by atoms with Gasteiger partial charge in [0.1, 0.15) is 16.6 Å². The highest BCUT2D eigenvalue weighted by Gasteiger charge is 2.10. The number of benzene rings is 2. The van der Waals surface area contributed by atoms with Gasteiger partial charge in [-0.2, -0.15) is 0 Å². The van der Waals surface area contributed by atoms with Crippen molar-refractivity contribution in [2.75, 3.05) is 0 Å². The van der Waals surface area contributed by atoms with Crippen molar-refractivity contribution in [3.05, 3.63) is 76.8 Å². The van der Waals surface area contributed by atoms with Gasteiger partial charge in [0.05, 0.1) is 5.69 Å². The molecule has 1 amide bonds. The molecule has 0 spiro atoms. The van der Waals surface area contributed by atoms with Crippen molar-refractivity contribution >= 4 is 17.2 Å². The molecule has 3 nitrogen and oxygen atoms in total. The first-order valence-electron chi connectivity index (χ1n) is 7.83. The van der Waals surface area contributed by atoms with E-state index in [2.05, 4.69) is 10.3 Å². The van der Waals surface area contributed by atoms with E-state index in [0.717, 1.165) is 5.69 Å². The van der Waals surface area contributed by atoms with Gasteiger partial charge >= 0.3 is 0 Å². The molecule has 3 rings (SSSR count). The number of hydrogen-bond acceptors (Lipinski definition) is 3. The lowest BCUT2D eigenvalue weighted by atomic mass is 10.2. The van der Waals surface area contributed by atoms with Gasteiger partial charge < -0.3 is 5.32 Å². The first-order valence-corrected chi connectivity index (χ1v) is 8.71. The van der Waals surface area contributed by atoms with Crippen molar-refractivity contribution < 1.29 is 13.6 Å². The number of nitrogens with zero attached hydrogens (tertiary/aromatic N) is 1. The van der Waals surface area contributed by atoms with E-state index in [1.54, 1.807) is 36.4 Å². The molecule has 1 N–H and O–H groups in total. The number of amides is 1. The molecule has 0 saturated heterocycles. The molecule has 0 atom stereocenters. The molecular weight excluding hydrogens is 342 g/mol. The summed E-state index contributed by atoms with van der Waals surface area (Å²) < 4.78 is 27.3. The van der Waals surface area contributed by atoms with E-state index in [1.165, 1.54) is 23.5 Å². The van der Waals surface area contributed by atoms with E-state index in [-0.39, 0.29) is 30.5 Å². The van der Waals surface area contributed by atoms with E-state index >= 15 is 0 Å². The number of aromatic nitrogens is 1. The zero-order valence-corrected chi connectivity index (χ0v) is 14.2. The molecule has 128 valence electrons. The second-order valence-electron chi connectivity index (χ2n) is 5.49. The van der Waals surface area contributed by atoms with E-state index in [4.69, 9.17) is 0 Å². The third-order valence-corrected chi connectivity index (χ3v) is 4.62. The number of aryl methyl sites for hydroxylation is 1. The summed E-state index contributed by atoms with van der Waals surface area (Å²) in [5.41, 5.74) is 1.65. The van der Waals surface area contributed by atoms with Gasteiger partial charge in [0.25, 0.3) is 0 Å². The van der Waals surface area contributed by atoms with Gasteiger partial charge in [-0.05, 0) is 24.6 Å². The predicted molar refractivity (Wildman–Crippen MR) is 94.1 cm³/mol. The molecule has 25 heavy (non-hydrogen) atoms. The van der Waals surface area contributed by atoms with Crippen LogP contribution in [0, 0.1) is 11.6 Å². The van der Waals surface area contributed by atoms with Crippen LogP contribution in [0.4, 0.5) is 8.78 Å². The number of nitrogens with one attached hydrogen (secondary N) is 1. The maximum atomic E-state index is 13.8. The Hall–Kier alpha value is -2.60. The third kappa shape index (κ3) is 4.48. The van der Waals surface area contributed by atoms with Crippen molar-refractivity contribution in [1.82, 2.24) is 10.3 Å². The fourth-order valence-electron chi connectivity index (χ4n) is 2.35. The smallest absolute Gasteiger partial charge is 0.220 e. The van der Waals surface area contributed by atoms with Crippen LogP contribution in [-0.4, -0.2) is 10.9 Å². The van der Waals surface area contributed by atoms with Crippen molar-refractivity contribution in [3.8, 4) is 10.6 Å². The van der Waals surface area contributed by atoms with Gasteiger partial charge in [0.15, 0.2) is 0 Å². The third-order valence-electron chi connectivity index (χ3n) is 3.70. The fraction of sp³-hybridized carbons (Fsp3) is 0.158. The Bertz CT molecular complexity index is 879. The van der Waals surface area contributed by atoms with Crippen molar-refractivity contribution in [2.24, 2.45) is 0 Å². The van der Waals surface area contributed by atoms with E-state index in [1.807, 2.05) is 5.38 Å². The average Bonchev–Trinajstić information content (AvgIpc) is 3.08. The molecule has 0 aliphatic carbocycles. The van der Waals surface area contributed by atoms with Crippen LogP contribution in [0.3, 0.4) is 0 Å². The van der Waals surface area contributed by atoms with E-state index in [9.17, 15) is 13.6 Å². The average molecular weight is 358 g/mol. The van der Waals surface area contributed by atoms with Crippen LogP contribution in [0.5, 0.6) is 0 Å². The Morgan fingerprint density at radius 3 is 2.52 bits per heavy atom. The zero-order valence-electron chi connectivity index (χ0n) is 13.3. The Balaban J connectivity index is 1.53. The van der Waals surface area contributed by atoms with Gasteiger partial charge in [-0.3, -0.25) is 4.79 Å². The van der Waals surface area contributed by atoms with Crippen LogP contribution in [0.1, 0.15) is 17.7 Å². The van der Waals surface area contributed by atoms with Crippen LogP contribution in [-0.2, 0) is 17.8 Å². The molecule has 0 radical (unpaired) electrons. The van der Waals surface area contributed by atoms with Crippen LogP contribution < -0.4 is 5.32 Å². The summed E-state index contributed by atoms with van der Waals surface area (Å²) in [6.07, 6.45) is 0.697. The number of carbonyl (C=O) groups is 1. The maximum absolute atomic E-state index is 13.8. The van der Waals surface area contributed by atoms with E-state index < -0.39 is 0 Å². The Morgan fingerprint density at radius 2 is 1.76 bits per heavy atom. The van der Waals surface area contributed by atoms with Crippen molar-refractivity contribution in [3.63, 3.8) is 0 Å². The second kappa shape index (κ2) is 7.98. The summed E-state index contributed by atoms with van der Waals surface area (Å²) in [6.45, 7) is 0.156. The summed E-state index contributed by atoms with van der Waals surface area (Å²) in [7, 11) is 0. The van der Waals surface area contributed by atoms with Crippen LogP contribution in [0.2, 0.25) is 0 Å². The molecule has 1 aromatic heterocycles. The molecular formula is C19H16F2N2OS. The Morgan fingerprint density at radius 1 is 1.04 bits per heavy atom. The van der Waals surface area contributed by atoms with Gasteiger partial charge in [-0.25, -0.2) is 13.8 Å². The second-order valence-corrected chi connectivity index (χ2v) is 6.35. The number of carbonyl (C=O) groups excluding carboxylic acids is 1. The molecule has 3 aromatic rings. The minimum absolute atomic E-state index is 0.156. The van der Waals surface area contributed by atoms with Crippen LogP contribution in [0.25, 0.3) is 10.6 Å². The monoisotopic (exact) mass is 358 g/mol.